The number of benzene rings is 2. The van der Waals surface area contributed by atoms with Crippen molar-refractivity contribution in [1.29, 1.82) is 0 Å². The third kappa shape index (κ3) is 4.14. The molecule has 1 aliphatic heterocycles. The first-order valence-electron chi connectivity index (χ1n) is 8.03. The molecule has 0 aromatic heterocycles. The van der Waals surface area contributed by atoms with Gasteiger partial charge in [0, 0.05) is 26.4 Å². The fraction of sp³-hybridized carbons (Fsp3) is 0.316. The lowest BCUT2D eigenvalue weighted by atomic mass is 10.0. The third-order valence-electron chi connectivity index (χ3n) is 3.80. The lowest BCUT2D eigenvalue weighted by Crippen LogP contribution is -2.30. The van der Waals surface area contributed by atoms with Crippen molar-refractivity contribution in [3.05, 3.63) is 59.4 Å². The standard InChI is InChI=1S/C19H20FNOS2/c1-12(2)24-15-6-3-13(4-7-15)19(22)21-17-9-10-23-18-8-5-14(20)11-16(17)18/h3-8,11-12,17H,9-10H2,1-2H3,(H,21,22). The molecular formula is C19H20FNOS2. The maximum Gasteiger partial charge on any atom is 0.251 e. The SMILES string of the molecule is CC(C)Sc1ccc(C(=O)NC2CCSc3ccc(F)cc32)cc1. The van der Waals surface area contributed by atoms with E-state index >= 15 is 0 Å². The lowest BCUT2D eigenvalue weighted by molar-refractivity contribution is 0.0935. The smallest absolute Gasteiger partial charge is 0.251 e. The van der Waals surface area contributed by atoms with Crippen molar-refractivity contribution in [2.45, 2.75) is 41.4 Å². The Labute approximate surface area is 150 Å². The van der Waals surface area contributed by atoms with Crippen molar-refractivity contribution in [3.8, 4) is 0 Å². The minimum atomic E-state index is -0.259. The van der Waals surface area contributed by atoms with Gasteiger partial charge in [0.2, 0.25) is 0 Å². The summed E-state index contributed by atoms with van der Waals surface area (Å²) in [5.74, 6) is 0.557. The Morgan fingerprint density at radius 2 is 2.00 bits per heavy atom. The minimum Gasteiger partial charge on any atom is -0.345 e. The summed E-state index contributed by atoms with van der Waals surface area (Å²) >= 11 is 3.48. The normalized spacial score (nSPS) is 16.8. The predicted octanol–water partition coefficient (Wildman–Crippen LogP) is 5.29. The molecule has 24 heavy (non-hydrogen) atoms. The van der Waals surface area contributed by atoms with Crippen LogP contribution >= 0.6 is 23.5 Å². The first-order valence-corrected chi connectivity index (χ1v) is 9.89. The Kier molecular flexibility index (Phi) is 5.51. The summed E-state index contributed by atoms with van der Waals surface area (Å²) in [4.78, 5) is 14.7. The molecule has 1 unspecified atom stereocenters. The number of carbonyl (C=O) groups is 1. The molecule has 0 aliphatic carbocycles. The predicted molar refractivity (Wildman–Crippen MR) is 99.4 cm³/mol. The van der Waals surface area contributed by atoms with Crippen molar-refractivity contribution in [3.63, 3.8) is 0 Å². The van der Waals surface area contributed by atoms with Crippen LogP contribution in [0.25, 0.3) is 0 Å². The fourth-order valence-electron chi connectivity index (χ4n) is 2.71. The molecule has 1 heterocycles. The van der Waals surface area contributed by atoms with E-state index in [1.165, 1.54) is 12.1 Å². The highest BCUT2D eigenvalue weighted by atomic mass is 32.2. The van der Waals surface area contributed by atoms with Gasteiger partial charge in [-0.3, -0.25) is 4.79 Å². The van der Waals surface area contributed by atoms with Crippen molar-refractivity contribution in [1.82, 2.24) is 5.32 Å². The second-order valence-electron chi connectivity index (χ2n) is 6.04. The van der Waals surface area contributed by atoms with Crippen molar-refractivity contribution < 1.29 is 9.18 Å². The molecule has 1 aliphatic rings. The molecule has 5 heteroatoms. The van der Waals surface area contributed by atoms with Gasteiger partial charge in [0.05, 0.1) is 6.04 Å². The van der Waals surface area contributed by atoms with Gasteiger partial charge in [-0.25, -0.2) is 4.39 Å². The van der Waals surface area contributed by atoms with Gasteiger partial charge in [-0.15, -0.1) is 23.5 Å². The number of halogens is 1. The average molecular weight is 362 g/mol. The third-order valence-corrected chi connectivity index (χ3v) is 5.94. The monoisotopic (exact) mass is 361 g/mol. The Morgan fingerprint density at radius 3 is 2.71 bits per heavy atom. The maximum atomic E-state index is 13.6. The topological polar surface area (TPSA) is 29.1 Å². The second kappa shape index (κ2) is 7.62. The van der Waals surface area contributed by atoms with Crippen LogP contribution in [-0.2, 0) is 0 Å². The van der Waals surface area contributed by atoms with Crippen LogP contribution in [-0.4, -0.2) is 16.9 Å². The molecule has 0 saturated heterocycles. The Bertz CT molecular complexity index is 731. The summed E-state index contributed by atoms with van der Waals surface area (Å²) in [7, 11) is 0. The largest absolute Gasteiger partial charge is 0.345 e. The van der Waals surface area contributed by atoms with Crippen LogP contribution in [0, 0.1) is 5.82 Å². The number of thioether (sulfide) groups is 2. The number of hydrogen-bond acceptors (Lipinski definition) is 3. The Morgan fingerprint density at radius 1 is 1.25 bits per heavy atom. The molecule has 2 aromatic carbocycles. The van der Waals surface area contributed by atoms with E-state index in [0.717, 1.165) is 27.5 Å². The lowest BCUT2D eigenvalue weighted by Gasteiger charge is -2.26. The van der Waals surface area contributed by atoms with Gasteiger partial charge >= 0.3 is 0 Å². The van der Waals surface area contributed by atoms with E-state index in [-0.39, 0.29) is 17.8 Å². The summed E-state index contributed by atoms with van der Waals surface area (Å²) in [6.07, 6.45) is 0.814. The first-order chi connectivity index (χ1) is 11.5. The Balaban J connectivity index is 1.73. The van der Waals surface area contributed by atoms with Gasteiger partial charge in [-0.05, 0) is 54.4 Å². The van der Waals surface area contributed by atoms with Gasteiger partial charge in [-0.2, -0.15) is 0 Å². The van der Waals surface area contributed by atoms with Crippen molar-refractivity contribution in [2.24, 2.45) is 0 Å². The molecule has 2 nitrogen and oxygen atoms in total. The number of rotatable bonds is 4. The number of nitrogens with one attached hydrogen (secondary N) is 1. The van der Waals surface area contributed by atoms with Crippen LogP contribution < -0.4 is 5.32 Å². The molecule has 1 amide bonds. The molecular weight excluding hydrogens is 341 g/mol. The van der Waals surface area contributed by atoms with E-state index in [9.17, 15) is 9.18 Å². The van der Waals surface area contributed by atoms with Gasteiger partial charge in [-0.1, -0.05) is 13.8 Å². The molecule has 2 aromatic rings. The van der Waals surface area contributed by atoms with Crippen LogP contribution in [0.2, 0.25) is 0 Å². The highest BCUT2D eigenvalue weighted by Gasteiger charge is 2.23. The summed E-state index contributed by atoms with van der Waals surface area (Å²) in [5, 5.41) is 3.56. The zero-order valence-corrected chi connectivity index (χ0v) is 15.3. The molecule has 0 radical (unpaired) electrons. The quantitative estimate of drug-likeness (QED) is 0.750. The summed E-state index contributed by atoms with van der Waals surface area (Å²) in [5.41, 5.74) is 1.52. The zero-order valence-electron chi connectivity index (χ0n) is 13.7. The molecule has 1 N–H and O–H groups in total. The van der Waals surface area contributed by atoms with Gasteiger partial charge in [0.15, 0.2) is 0 Å². The van der Waals surface area contributed by atoms with Crippen molar-refractivity contribution >= 4 is 29.4 Å². The van der Waals surface area contributed by atoms with Crippen molar-refractivity contribution in [2.75, 3.05) is 5.75 Å². The average Bonchev–Trinajstić information content (AvgIpc) is 2.55. The zero-order chi connectivity index (χ0) is 17.1. The molecule has 3 rings (SSSR count). The van der Waals surface area contributed by atoms with E-state index < -0.39 is 0 Å². The van der Waals surface area contributed by atoms with E-state index in [2.05, 4.69) is 19.2 Å². The molecule has 0 spiro atoms. The van der Waals surface area contributed by atoms with Gasteiger partial charge < -0.3 is 5.32 Å². The fourth-order valence-corrected chi connectivity index (χ4v) is 4.66. The highest BCUT2D eigenvalue weighted by molar-refractivity contribution is 8.00. The second-order valence-corrected chi connectivity index (χ2v) is 8.82. The van der Waals surface area contributed by atoms with Crippen LogP contribution in [0.5, 0.6) is 0 Å². The summed E-state index contributed by atoms with van der Waals surface area (Å²) < 4.78 is 13.6. The highest BCUT2D eigenvalue weighted by Crippen LogP contribution is 2.36. The molecule has 1 atom stereocenters. The van der Waals surface area contributed by atoms with Crippen LogP contribution in [0.1, 0.15) is 42.2 Å². The van der Waals surface area contributed by atoms with E-state index in [1.807, 2.05) is 24.3 Å². The van der Waals surface area contributed by atoms with E-state index in [1.54, 1.807) is 29.6 Å². The van der Waals surface area contributed by atoms with E-state index in [0.29, 0.717) is 10.8 Å². The molecule has 126 valence electrons. The summed E-state index contributed by atoms with van der Waals surface area (Å²) in [6, 6.07) is 12.3. The summed E-state index contributed by atoms with van der Waals surface area (Å²) in [6.45, 7) is 4.28. The van der Waals surface area contributed by atoms with Gasteiger partial charge in [0.1, 0.15) is 5.82 Å². The number of hydrogen-bond donors (Lipinski definition) is 1. The maximum absolute atomic E-state index is 13.6. The Hall–Kier alpha value is -1.46. The number of carbonyl (C=O) groups excluding carboxylic acids is 1. The first kappa shape index (κ1) is 17.4. The molecule has 0 saturated carbocycles. The number of amides is 1. The molecule has 0 bridgehead atoms. The van der Waals surface area contributed by atoms with Crippen LogP contribution in [0.15, 0.2) is 52.3 Å². The molecule has 0 fully saturated rings. The number of fused-ring (bicyclic) bond motifs is 1. The van der Waals surface area contributed by atoms with Crippen LogP contribution in [0.4, 0.5) is 4.39 Å². The van der Waals surface area contributed by atoms with Crippen LogP contribution in [0.3, 0.4) is 0 Å². The van der Waals surface area contributed by atoms with E-state index in [4.69, 9.17) is 0 Å². The minimum absolute atomic E-state index is 0.108. The van der Waals surface area contributed by atoms with Gasteiger partial charge in [0.25, 0.3) is 5.91 Å².